The van der Waals surface area contributed by atoms with Crippen molar-refractivity contribution < 1.29 is 22.7 Å². The van der Waals surface area contributed by atoms with Gasteiger partial charge in [0.15, 0.2) is 0 Å². The number of Topliss-reactive ketones (excluding diaryl/α,β-unsaturated/α-hetero) is 1. The Balaban J connectivity index is 2.35. The van der Waals surface area contributed by atoms with Gasteiger partial charge in [0.05, 0.1) is 5.56 Å². The lowest BCUT2D eigenvalue weighted by molar-refractivity contribution is -0.0886. The molecule has 0 aliphatic rings. The van der Waals surface area contributed by atoms with E-state index in [0.29, 0.717) is 5.75 Å². The molecule has 0 amide bonds. The lowest BCUT2D eigenvalue weighted by atomic mass is 10.1. The van der Waals surface area contributed by atoms with Crippen molar-refractivity contribution in [2.45, 2.75) is 6.18 Å². The van der Waals surface area contributed by atoms with Gasteiger partial charge in [0, 0.05) is 0 Å². The average molecular weight is 266 g/mol. The van der Waals surface area contributed by atoms with Crippen LogP contribution >= 0.6 is 0 Å². The van der Waals surface area contributed by atoms with Crippen molar-refractivity contribution in [3.63, 3.8) is 0 Å². The topological polar surface area (TPSA) is 26.3 Å². The number of hydrogen-bond acceptors (Lipinski definition) is 2. The van der Waals surface area contributed by atoms with E-state index in [1.807, 2.05) is 0 Å². The van der Waals surface area contributed by atoms with Crippen LogP contribution in [-0.2, 0) is 0 Å². The number of benzene rings is 2. The number of carbonyl (C=O) groups excluding carboxylic acids is 1. The molecule has 98 valence electrons. The van der Waals surface area contributed by atoms with E-state index in [1.54, 1.807) is 30.3 Å². The summed E-state index contributed by atoms with van der Waals surface area (Å²) >= 11 is 0. The van der Waals surface area contributed by atoms with Crippen LogP contribution in [0.2, 0.25) is 0 Å². The molecule has 19 heavy (non-hydrogen) atoms. The first-order chi connectivity index (χ1) is 8.98. The van der Waals surface area contributed by atoms with Gasteiger partial charge in [0.25, 0.3) is 5.78 Å². The van der Waals surface area contributed by atoms with Crippen LogP contribution in [0.5, 0.6) is 11.5 Å². The van der Waals surface area contributed by atoms with Gasteiger partial charge in [-0.15, -0.1) is 0 Å². The van der Waals surface area contributed by atoms with Crippen LogP contribution in [0.25, 0.3) is 0 Å². The van der Waals surface area contributed by atoms with Crippen molar-refractivity contribution in [2.75, 3.05) is 0 Å². The van der Waals surface area contributed by atoms with Gasteiger partial charge in [-0.1, -0.05) is 30.3 Å². The molecule has 0 atom stereocenters. The lowest BCUT2D eigenvalue weighted by Gasteiger charge is -2.11. The summed E-state index contributed by atoms with van der Waals surface area (Å²) in [5.41, 5.74) is -0.501. The average Bonchev–Trinajstić information content (AvgIpc) is 2.39. The zero-order valence-corrected chi connectivity index (χ0v) is 9.65. The van der Waals surface area contributed by atoms with Crippen LogP contribution in [0, 0.1) is 0 Å². The van der Waals surface area contributed by atoms with Gasteiger partial charge in [-0.2, -0.15) is 13.2 Å². The van der Waals surface area contributed by atoms with E-state index in [2.05, 4.69) is 0 Å². The van der Waals surface area contributed by atoms with E-state index in [-0.39, 0.29) is 5.75 Å². The molecule has 0 spiro atoms. The Morgan fingerprint density at radius 3 is 2.11 bits per heavy atom. The molecule has 0 bridgehead atoms. The van der Waals surface area contributed by atoms with Crippen LogP contribution in [-0.4, -0.2) is 12.0 Å². The lowest BCUT2D eigenvalue weighted by Crippen LogP contribution is -2.23. The maximum absolute atomic E-state index is 12.4. The van der Waals surface area contributed by atoms with E-state index in [9.17, 15) is 18.0 Å². The Bertz CT molecular complexity index is 577. The molecule has 2 nitrogen and oxygen atoms in total. The molecule has 2 aromatic carbocycles. The summed E-state index contributed by atoms with van der Waals surface area (Å²) in [5, 5.41) is 0. The molecule has 0 N–H and O–H groups in total. The molecule has 0 saturated heterocycles. The predicted octanol–water partition coefficient (Wildman–Crippen LogP) is 4.22. The number of alkyl halides is 3. The second-order valence-corrected chi connectivity index (χ2v) is 3.74. The smallest absolute Gasteiger partial charge is 0.455 e. The van der Waals surface area contributed by atoms with Crippen molar-refractivity contribution in [3.8, 4) is 11.5 Å². The first-order valence-electron chi connectivity index (χ1n) is 5.42. The normalized spacial score (nSPS) is 11.1. The third-order valence-corrected chi connectivity index (χ3v) is 2.36. The minimum Gasteiger partial charge on any atom is -0.457 e. The van der Waals surface area contributed by atoms with Gasteiger partial charge in [0.2, 0.25) is 0 Å². The zero-order chi connectivity index (χ0) is 13.9. The summed E-state index contributed by atoms with van der Waals surface area (Å²) in [6.07, 6.45) is -4.92. The number of halogens is 3. The minimum atomic E-state index is -4.92. The van der Waals surface area contributed by atoms with Crippen molar-refractivity contribution in [2.24, 2.45) is 0 Å². The summed E-state index contributed by atoms with van der Waals surface area (Å²) in [6, 6.07) is 13.6. The van der Waals surface area contributed by atoms with Crippen LogP contribution in [0.4, 0.5) is 13.2 Å². The highest BCUT2D eigenvalue weighted by Crippen LogP contribution is 2.30. The molecule has 5 heteroatoms. The second-order valence-electron chi connectivity index (χ2n) is 3.74. The maximum atomic E-state index is 12.4. The number of rotatable bonds is 3. The monoisotopic (exact) mass is 266 g/mol. The van der Waals surface area contributed by atoms with Gasteiger partial charge >= 0.3 is 6.18 Å². The van der Waals surface area contributed by atoms with E-state index < -0.39 is 17.5 Å². The molecule has 0 fully saturated rings. The number of carbonyl (C=O) groups is 1. The Labute approximate surface area is 107 Å². The molecule has 2 aromatic rings. The molecule has 0 aliphatic carbocycles. The van der Waals surface area contributed by atoms with Crippen LogP contribution in [0.1, 0.15) is 10.4 Å². The first-order valence-corrected chi connectivity index (χ1v) is 5.42. The number of para-hydroxylation sites is 2. The molecule has 0 unspecified atom stereocenters. The number of ether oxygens (including phenoxy) is 1. The highest BCUT2D eigenvalue weighted by molar-refractivity contribution is 6.02. The molecule has 2 rings (SSSR count). The summed E-state index contributed by atoms with van der Waals surface area (Å²) < 4.78 is 42.7. The van der Waals surface area contributed by atoms with Gasteiger partial charge in [-0.25, -0.2) is 0 Å². The van der Waals surface area contributed by atoms with Crippen molar-refractivity contribution in [1.29, 1.82) is 0 Å². The molecular formula is C14H9F3O2. The quantitative estimate of drug-likeness (QED) is 0.777. The van der Waals surface area contributed by atoms with Crippen LogP contribution in [0.15, 0.2) is 54.6 Å². The Kier molecular flexibility index (Phi) is 3.55. The third-order valence-electron chi connectivity index (χ3n) is 2.36. The predicted molar refractivity (Wildman–Crippen MR) is 63.3 cm³/mol. The summed E-state index contributed by atoms with van der Waals surface area (Å²) in [5.74, 6) is -1.67. The number of ketones is 1. The fourth-order valence-corrected chi connectivity index (χ4v) is 1.51. The van der Waals surface area contributed by atoms with Gasteiger partial charge < -0.3 is 4.74 Å². The van der Waals surface area contributed by atoms with Crippen molar-refractivity contribution in [1.82, 2.24) is 0 Å². The Hall–Kier alpha value is -2.30. The highest BCUT2D eigenvalue weighted by Gasteiger charge is 2.40. The fraction of sp³-hybridized carbons (Fsp3) is 0.0714. The molecule has 0 heterocycles. The largest absolute Gasteiger partial charge is 0.457 e. The van der Waals surface area contributed by atoms with E-state index in [0.717, 1.165) is 6.07 Å². The molecular weight excluding hydrogens is 257 g/mol. The SMILES string of the molecule is O=C(c1ccccc1Oc1ccccc1)C(F)(F)F. The van der Waals surface area contributed by atoms with Crippen molar-refractivity contribution >= 4 is 5.78 Å². The van der Waals surface area contributed by atoms with Crippen LogP contribution < -0.4 is 4.74 Å². The first kappa shape index (κ1) is 13.1. The molecule has 0 aliphatic heterocycles. The second kappa shape index (κ2) is 5.14. The highest BCUT2D eigenvalue weighted by atomic mass is 19.4. The van der Waals surface area contributed by atoms with Crippen LogP contribution in [0.3, 0.4) is 0 Å². The van der Waals surface area contributed by atoms with Gasteiger partial charge in [-0.3, -0.25) is 4.79 Å². The summed E-state index contributed by atoms with van der Waals surface area (Å²) in [7, 11) is 0. The molecule has 0 aromatic heterocycles. The van der Waals surface area contributed by atoms with Gasteiger partial charge in [0.1, 0.15) is 11.5 Å². The van der Waals surface area contributed by atoms with E-state index >= 15 is 0 Å². The standard InChI is InChI=1S/C14H9F3O2/c15-14(16,17)13(18)11-8-4-5-9-12(11)19-10-6-2-1-3-7-10/h1-9H. The van der Waals surface area contributed by atoms with E-state index in [4.69, 9.17) is 4.74 Å². The molecule has 0 saturated carbocycles. The fourth-order valence-electron chi connectivity index (χ4n) is 1.51. The maximum Gasteiger partial charge on any atom is 0.455 e. The van der Waals surface area contributed by atoms with Crippen molar-refractivity contribution in [3.05, 3.63) is 60.2 Å². The molecule has 0 radical (unpaired) electrons. The minimum absolute atomic E-state index is 0.115. The van der Waals surface area contributed by atoms with E-state index in [1.165, 1.54) is 18.2 Å². The number of hydrogen-bond donors (Lipinski definition) is 0. The Morgan fingerprint density at radius 2 is 1.47 bits per heavy atom. The third kappa shape index (κ3) is 3.13. The van der Waals surface area contributed by atoms with Gasteiger partial charge in [-0.05, 0) is 24.3 Å². The summed E-state index contributed by atoms with van der Waals surface area (Å²) in [6.45, 7) is 0. The summed E-state index contributed by atoms with van der Waals surface area (Å²) in [4.78, 5) is 11.3. The Morgan fingerprint density at radius 1 is 0.895 bits per heavy atom. The zero-order valence-electron chi connectivity index (χ0n) is 9.65.